The van der Waals surface area contributed by atoms with Crippen LogP contribution in [0.25, 0.3) is 0 Å². The fourth-order valence-corrected chi connectivity index (χ4v) is 2.15. The van der Waals surface area contributed by atoms with Crippen LogP contribution in [-0.2, 0) is 0 Å². The molecule has 0 fully saturated rings. The molecule has 0 bridgehead atoms. The number of anilines is 1. The lowest BCUT2D eigenvalue weighted by molar-refractivity contribution is 0.875. The van der Waals surface area contributed by atoms with Gasteiger partial charge in [0.1, 0.15) is 0 Å². The topological polar surface area (TPSA) is 56.6 Å². The number of azo groups is 1. The number of rotatable bonds is 6. The molecule has 1 aromatic heterocycles. The second kappa shape index (κ2) is 7.04. The van der Waals surface area contributed by atoms with Crippen LogP contribution in [0, 0.1) is 0 Å². The predicted molar refractivity (Wildman–Crippen MR) is 80.9 cm³/mol. The number of hydrogen-bond donors (Lipinski definition) is 1. The third kappa shape index (κ3) is 3.89. The number of benzene rings is 1. The van der Waals surface area contributed by atoms with E-state index >= 15 is 0 Å². The molecule has 100 valence electrons. The van der Waals surface area contributed by atoms with Crippen molar-refractivity contribution in [3.8, 4) is 0 Å². The maximum Gasteiger partial charge on any atom is 0.246 e. The van der Waals surface area contributed by atoms with Crippen LogP contribution in [0.5, 0.6) is 0 Å². The molecule has 0 unspecified atom stereocenters. The molecule has 0 atom stereocenters. The highest BCUT2D eigenvalue weighted by Crippen LogP contribution is 2.21. The molecule has 5 nitrogen and oxygen atoms in total. The van der Waals surface area contributed by atoms with Crippen molar-refractivity contribution in [2.75, 3.05) is 23.3 Å². The summed E-state index contributed by atoms with van der Waals surface area (Å²) in [5.41, 5.74) is 2.01. The van der Waals surface area contributed by atoms with Crippen LogP contribution in [0.2, 0.25) is 0 Å². The summed E-state index contributed by atoms with van der Waals surface area (Å²) >= 11 is 3.46. The minimum absolute atomic E-state index is 0.513. The Kier molecular flexibility index (Phi) is 5.09. The normalized spacial score (nSPS) is 11.1. The van der Waals surface area contributed by atoms with Gasteiger partial charge in [-0.05, 0) is 31.2 Å². The first-order valence-electron chi connectivity index (χ1n) is 6.15. The second-order valence-corrected chi connectivity index (χ2v) is 4.69. The lowest BCUT2D eigenvalue weighted by Gasteiger charge is -2.21. The molecule has 0 amide bonds. The van der Waals surface area contributed by atoms with Gasteiger partial charge in [0, 0.05) is 36.5 Å². The van der Waals surface area contributed by atoms with Gasteiger partial charge in [-0.2, -0.15) is 0 Å². The first kappa shape index (κ1) is 13.7. The summed E-state index contributed by atoms with van der Waals surface area (Å²) in [6.07, 6.45) is 3.37. The summed E-state index contributed by atoms with van der Waals surface area (Å²) in [5.74, 6) is 0.513. The van der Waals surface area contributed by atoms with Crippen molar-refractivity contribution in [2.45, 2.75) is 6.92 Å². The number of nitrogens with one attached hydrogen (secondary N) is 1. The van der Waals surface area contributed by atoms with Crippen molar-refractivity contribution in [1.29, 1.82) is 0 Å². The quantitative estimate of drug-likeness (QED) is 0.644. The highest BCUT2D eigenvalue weighted by atomic mass is 79.9. The fraction of sp³-hybridized carbons (Fsp3) is 0.308. The molecule has 0 spiro atoms. The monoisotopic (exact) mass is 321 g/mol. The molecule has 1 aromatic carbocycles. The Hall–Kier alpha value is -1.69. The first-order valence-corrected chi connectivity index (χ1v) is 7.27. The van der Waals surface area contributed by atoms with Crippen molar-refractivity contribution in [3.63, 3.8) is 0 Å². The number of halogens is 1. The smallest absolute Gasteiger partial charge is 0.246 e. The van der Waals surface area contributed by atoms with Gasteiger partial charge in [0.25, 0.3) is 0 Å². The Morgan fingerprint density at radius 1 is 1.26 bits per heavy atom. The van der Waals surface area contributed by atoms with Crippen molar-refractivity contribution < 1.29 is 0 Å². The molecule has 1 N–H and O–H groups in total. The Labute approximate surface area is 120 Å². The molecule has 0 saturated heterocycles. The van der Waals surface area contributed by atoms with E-state index in [-0.39, 0.29) is 0 Å². The summed E-state index contributed by atoms with van der Waals surface area (Å²) in [4.78, 5) is 9.16. The van der Waals surface area contributed by atoms with Gasteiger partial charge < -0.3 is 9.88 Å². The predicted octanol–water partition coefficient (Wildman–Crippen LogP) is 4.05. The van der Waals surface area contributed by atoms with Crippen LogP contribution in [-0.4, -0.2) is 28.4 Å². The van der Waals surface area contributed by atoms with Crippen LogP contribution in [0.4, 0.5) is 17.3 Å². The van der Waals surface area contributed by atoms with E-state index in [1.54, 1.807) is 12.4 Å². The van der Waals surface area contributed by atoms with Gasteiger partial charge in [0.05, 0.1) is 5.69 Å². The van der Waals surface area contributed by atoms with Crippen LogP contribution < -0.4 is 4.90 Å². The molecule has 19 heavy (non-hydrogen) atoms. The Morgan fingerprint density at radius 2 is 2.05 bits per heavy atom. The number of aromatic nitrogens is 2. The lowest BCUT2D eigenvalue weighted by Crippen LogP contribution is -2.24. The lowest BCUT2D eigenvalue weighted by atomic mass is 10.2. The summed E-state index contributed by atoms with van der Waals surface area (Å²) in [7, 11) is 0. The highest BCUT2D eigenvalue weighted by Gasteiger charge is 2.02. The molecular weight excluding hydrogens is 306 g/mol. The average Bonchev–Trinajstić information content (AvgIpc) is 2.96. The molecule has 0 radical (unpaired) electrons. The third-order valence-electron chi connectivity index (χ3n) is 2.69. The van der Waals surface area contributed by atoms with E-state index < -0.39 is 0 Å². The van der Waals surface area contributed by atoms with E-state index in [0.29, 0.717) is 5.95 Å². The Morgan fingerprint density at radius 3 is 2.63 bits per heavy atom. The van der Waals surface area contributed by atoms with Crippen molar-refractivity contribution in [2.24, 2.45) is 10.2 Å². The van der Waals surface area contributed by atoms with Crippen molar-refractivity contribution in [1.82, 2.24) is 9.97 Å². The average molecular weight is 322 g/mol. The SMILES string of the molecule is CCN(CCBr)c1ccc(N=Nc2ncc[nH]2)cc1. The molecule has 2 aromatic rings. The maximum absolute atomic E-state index is 4.12. The van der Waals surface area contributed by atoms with Gasteiger partial charge in [-0.25, -0.2) is 4.98 Å². The van der Waals surface area contributed by atoms with E-state index in [9.17, 15) is 0 Å². The summed E-state index contributed by atoms with van der Waals surface area (Å²) in [5, 5.41) is 9.09. The van der Waals surface area contributed by atoms with E-state index in [1.165, 1.54) is 5.69 Å². The Bertz CT molecular complexity index is 506. The first-order chi connectivity index (χ1) is 9.33. The van der Waals surface area contributed by atoms with Crippen molar-refractivity contribution in [3.05, 3.63) is 36.7 Å². The number of H-pyrrole nitrogens is 1. The minimum atomic E-state index is 0.513. The van der Waals surface area contributed by atoms with E-state index in [4.69, 9.17) is 0 Å². The Balaban J connectivity index is 2.05. The van der Waals surface area contributed by atoms with Crippen LogP contribution >= 0.6 is 15.9 Å². The number of alkyl halides is 1. The summed E-state index contributed by atoms with van der Waals surface area (Å²) < 4.78 is 0. The maximum atomic E-state index is 4.12. The van der Waals surface area contributed by atoms with E-state index in [2.05, 4.69) is 60.1 Å². The second-order valence-electron chi connectivity index (χ2n) is 3.90. The molecule has 0 aliphatic carbocycles. The number of hydrogen-bond acceptors (Lipinski definition) is 4. The largest absolute Gasteiger partial charge is 0.371 e. The van der Waals surface area contributed by atoms with Gasteiger partial charge in [0.15, 0.2) is 0 Å². The molecule has 0 saturated carbocycles. The molecule has 2 rings (SSSR count). The van der Waals surface area contributed by atoms with Gasteiger partial charge in [-0.1, -0.05) is 15.9 Å². The highest BCUT2D eigenvalue weighted by molar-refractivity contribution is 9.09. The van der Waals surface area contributed by atoms with Crippen LogP contribution in [0.15, 0.2) is 46.9 Å². The number of nitrogens with zero attached hydrogens (tertiary/aromatic N) is 4. The number of imidazole rings is 1. The van der Waals surface area contributed by atoms with Crippen LogP contribution in [0.1, 0.15) is 6.92 Å². The molecule has 6 heteroatoms. The zero-order valence-corrected chi connectivity index (χ0v) is 12.3. The molecule has 0 aliphatic heterocycles. The third-order valence-corrected chi connectivity index (χ3v) is 3.05. The van der Waals surface area contributed by atoms with E-state index in [0.717, 1.165) is 24.1 Å². The number of aromatic amines is 1. The fourth-order valence-electron chi connectivity index (χ4n) is 1.72. The van der Waals surface area contributed by atoms with Gasteiger partial charge in [-0.3, -0.25) is 0 Å². The summed E-state index contributed by atoms with van der Waals surface area (Å²) in [6, 6.07) is 8.03. The molecule has 0 aliphatic rings. The minimum Gasteiger partial charge on any atom is -0.371 e. The van der Waals surface area contributed by atoms with Crippen LogP contribution in [0.3, 0.4) is 0 Å². The zero-order valence-electron chi connectivity index (χ0n) is 10.8. The van der Waals surface area contributed by atoms with Gasteiger partial charge in [-0.15, -0.1) is 10.2 Å². The molecular formula is C13H16BrN5. The van der Waals surface area contributed by atoms with Crippen molar-refractivity contribution >= 4 is 33.3 Å². The van der Waals surface area contributed by atoms with E-state index in [1.807, 2.05) is 12.1 Å². The standard InChI is InChI=1S/C13H16BrN5/c1-2-19(10-7-14)12-5-3-11(4-6-12)17-18-13-15-8-9-16-13/h3-6,8-9H,2,7,10H2,1H3,(H,15,16). The zero-order chi connectivity index (χ0) is 13.5. The summed E-state index contributed by atoms with van der Waals surface area (Å²) in [6.45, 7) is 4.12. The van der Waals surface area contributed by atoms with Gasteiger partial charge >= 0.3 is 0 Å². The van der Waals surface area contributed by atoms with Gasteiger partial charge in [0.2, 0.25) is 5.95 Å². The molecule has 1 heterocycles.